The van der Waals surface area contributed by atoms with Gasteiger partial charge in [0, 0.05) is 12.8 Å². The van der Waals surface area contributed by atoms with Crippen LogP contribution in [0.5, 0.6) is 0 Å². The van der Waals surface area contributed by atoms with E-state index in [0.717, 1.165) is 11.1 Å². The van der Waals surface area contributed by atoms with E-state index in [1.54, 1.807) is 32.9 Å². The van der Waals surface area contributed by atoms with E-state index in [2.05, 4.69) is 6.92 Å². The number of hydrogen-bond donors (Lipinski definition) is 6. The number of hydrogen-bond acceptors (Lipinski definition) is 9. The predicted molar refractivity (Wildman–Crippen MR) is 179 cm³/mol. The third-order valence-electron chi connectivity index (χ3n) is 8.29. The van der Waals surface area contributed by atoms with Crippen molar-refractivity contribution in [3.63, 3.8) is 0 Å². The Balaban J connectivity index is 0. The van der Waals surface area contributed by atoms with Crippen LogP contribution in [0, 0.1) is 49.4 Å². The van der Waals surface area contributed by atoms with Gasteiger partial charge in [-0.15, -0.1) is 0 Å². The van der Waals surface area contributed by atoms with Crippen molar-refractivity contribution in [3.8, 4) is 0 Å². The third-order valence-corrected chi connectivity index (χ3v) is 10.8. The zero-order valence-electron chi connectivity index (χ0n) is 27.4. The zero-order valence-corrected chi connectivity index (χ0v) is 29.8. The second kappa shape index (κ2) is 20.1. The molecule has 0 bridgehead atoms. The standard InChI is InChI=1S/C11H20O5S.C11H14O5S.C7H14O5S.CH4/c2*1-7-3-9(5-11(12)13)10(4-8(7)2)6-17(14,15)16;1-5(3-7(8)9)6(2)4-13(10,11)12;/h7-10H,3-6H2,1-2H3,(H,12,13)(H,14,15,16);3-4H,5-6H2,1-2H3,(H,12,13)(H,14,15,16);5-6H,3-4H2,1-2H3,(H,8,9)(H,10,11,12);1H4. The van der Waals surface area contributed by atoms with Crippen molar-refractivity contribution >= 4 is 48.3 Å². The van der Waals surface area contributed by atoms with E-state index in [0.29, 0.717) is 35.8 Å². The molecule has 0 radical (unpaired) electrons. The van der Waals surface area contributed by atoms with Crippen molar-refractivity contribution in [3.05, 3.63) is 34.4 Å². The summed E-state index contributed by atoms with van der Waals surface area (Å²) >= 11 is 0. The third kappa shape index (κ3) is 21.4. The SMILES string of the molecule is C.CC(CC(=O)O)C(C)CS(=O)(=O)O.CC1CC(CC(=O)O)C(CS(=O)(=O)O)CC1C.Cc1cc(CC(=O)O)c(CS(=O)(=O)O)cc1C. The zero-order chi connectivity index (χ0) is 37.1. The van der Waals surface area contributed by atoms with Crippen LogP contribution in [0.2, 0.25) is 0 Å². The summed E-state index contributed by atoms with van der Waals surface area (Å²) in [5.41, 5.74) is 2.49. The highest BCUT2D eigenvalue weighted by molar-refractivity contribution is 7.86. The van der Waals surface area contributed by atoms with Crippen LogP contribution in [0.1, 0.15) is 83.1 Å². The van der Waals surface area contributed by atoms with Crippen LogP contribution in [-0.2, 0) is 56.9 Å². The van der Waals surface area contributed by atoms with E-state index in [9.17, 15) is 39.6 Å². The van der Waals surface area contributed by atoms with Crippen LogP contribution in [0.4, 0.5) is 0 Å². The molecular weight excluding hydrogens is 697 g/mol. The maximum atomic E-state index is 10.9. The van der Waals surface area contributed by atoms with Gasteiger partial charge in [-0.2, -0.15) is 25.3 Å². The maximum Gasteiger partial charge on any atom is 0.307 e. The molecule has 1 aromatic carbocycles. The lowest BCUT2D eigenvalue weighted by Crippen LogP contribution is -2.34. The molecule has 1 aliphatic rings. The highest BCUT2D eigenvalue weighted by atomic mass is 32.2. The molecule has 48 heavy (non-hydrogen) atoms. The van der Waals surface area contributed by atoms with Gasteiger partial charge in [0.1, 0.15) is 5.75 Å². The molecule has 0 aromatic heterocycles. The number of aryl methyl sites for hydroxylation is 2. The van der Waals surface area contributed by atoms with E-state index in [1.807, 2.05) is 13.8 Å². The summed E-state index contributed by atoms with van der Waals surface area (Å²) in [5.74, 6) is -4.42. The summed E-state index contributed by atoms with van der Waals surface area (Å²) < 4.78 is 90.6. The Hall–Kier alpha value is -2.64. The molecule has 0 amide bonds. The molecule has 1 fully saturated rings. The summed E-state index contributed by atoms with van der Waals surface area (Å²) in [4.78, 5) is 31.7. The van der Waals surface area contributed by atoms with Crippen LogP contribution in [0.25, 0.3) is 0 Å². The molecule has 15 nitrogen and oxygen atoms in total. The molecule has 6 atom stereocenters. The number of carbonyl (C=O) groups is 3. The first kappa shape index (κ1) is 47.5. The minimum atomic E-state index is -4.16. The van der Waals surface area contributed by atoms with E-state index >= 15 is 0 Å². The Bertz CT molecular complexity index is 1550. The molecule has 0 heterocycles. The number of carboxylic acid groups (broad SMARTS) is 3. The monoisotopic (exact) mass is 748 g/mol. The van der Waals surface area contributed by atoms with Gasteiger partial charge >= 0.3 is 17.9 Å². The van der Waals surface area contributed by atoms with Crippen LogP contribution < -0.4 is 0 Å². The number of aliphatic carboxylic acids is 3. The van der Waals surface area contributed by atoms with Gasteiger partial charge in [0.15, 0.2) is 0 Å². The molecule has 2 rings (SSSR count). The Morgan fingerprint density at radius 3 is 1.54 bits per heavy atom. The largest absolute Gasteiger partial charge is 0.481 e. The molecule has 6 unspecified atom stereocenters. The molecule has 1 aromatic rings. The van der Waals surface area contributed by atoms with E-state index in [1.165, 1.54) is 0 Å². The fourth-order valence-corrected chi connectivity index (χ4v) is 7.92. The fraction of sp³-hybridized carbons (Fsp3) is 0.700. The molecule has 0 spiro atoms. The molecule has 0 saturated heterocycles. The minimum Gasteiger partial charge on any atom is -0.481 e. The highest BCUT2D eigenvalue weighted by Crippen LogP contribution is 2.40. The topological polar surface area (TPSA) is 275 Å². The smallest absolute Gasteiger partial charge is 0.307 e. The molecule has 280 valence electrons. The minimum absolute atomic E-state index is 0. The summed E-state index contributed by atoms with van der Waals surface area (Å²) in [7, 11) is -12.2. The summed E-state index contributed by atoms with van der Waals surface area (Å²) in [6.45, 7) is 11.0. The molecule has 0 aliphatic heterocycles. The summed E-state index contributed by atoms with van der Waals surface area (Å²) in [6.07, 6.45) is 1.02. The van der Waals surface area contributed by atoms with Crippen LogP contribution in [0.15, 0.2) is 12.1 Å². The van der Waals surface area contributed by atoms with Gasteiger partial charge in [-0.1, -0.05) is 47.3 Å². The fourth-order valence-electron chi connectivity index (χ4n) is 5.32. The van der Waals surface area contributed by atoms with E-state index in [-0.39, 0.29) is 61.9 Å². The van der Waals surface area contributed by atoms with Gasteiger partial charge in [-0.3, -0.25) is 28.0 Å². The Morgan fingerprint density at radius 1 is 0.708 bits per heavy atom. The van der Waals surface area contributed by atoms with Crippen molar-refractivity contribution in [2.45, 2.75) is 86.8 Å². The quantitative estimate of drug-likeness (QED) is 0.154. The van der Waals surface area contributed by atoms with Gasteiger partial charge < -0.3 is 15.3 Å². The molecule has 1 saturated carbocycles. The summed E-state index contributed by atoms with van der Waals surface area (Å²) in [6, 6.07) is 3.24. The van der Waals surface area contributed by atoms with Crippen molar-refractivity contribution in [2.24, 2.45) is 35.5 Å². The van der Waals surface area contributed by atoms with Gasteiger partial charge in [0.2, 0.25) is 0 Å². The molecule has 6 N–H and O–H groups in total. The van der Waals surface area contributed by atoms with Crippen molar-refractivity contribution in [1.82, 2.24) is 0 Å². The first-order valence-corrected chi connectivity index (χ1v) is 19.5. The molecule has 1 aliphatic carbocycles. The highest BCUT2D eigenvalue weighted by Gasteiger charge is 2.36. The second-order valence-electron chi connectivity index (χ2n) is 12.6. The average molecular weight is 749 g/mol. The van der Waals surface area contributed by atoms with Crippen molar-refractivity contribution in [2.75, 3.05) is 11.5 Å². The number of rotatable bonds is 13. The first-order chi connectivity index (χ1) is 21.1. The maximum absolute atomic E-state index is 10.9. The van der Waals surface area contributed by atoms with Gasteiger partial charge in [0.05, 0.1) is 17.9 Å². The van der Waals surface area contributed by atoms with Gasteiger partial charge in [-0.25, -0.2) is 0 Å². The molecular formula is C30H52O15S3. The van der Waals surface area contributed by atoms with Crippen LogP contribution in [-0.4, -0.2) is 83.6 Å². The Morgan fingerprint density at radius 2 is 1.17 bits per heavy atom. The van der Waals surface area contributed by atoms with Crippen LogP contribution in [0.3, 0.4) is 0 Å². The lowest BCUT2D eigenvalue weighted by Gasteiger charge is -2.37. The number of benzene rings is 1. The van der Waals surface area contributed by atoms with E-state index < -0.39 is 54.0 Å². The predicted octanol–water partition coefficient (Wildman–Crippen LogP) is 4.22. The second-order valence-corrected chi connectivity index (χ2v) is 17.0. The first-order valence-electron chi connectivity index (χ1n) is 14.7. The van der Waals surface area contributed by atoms with Gasteiger partial charge in [-0.05, 0) is 84.5 Å². The van der Waals surface area contributed by atoms with Crippen LogP contribution >= 0.6 is 0 Å². The summed E-state index contributed by atoms with van der Waals surface area (Å²) in [5, 5.41) is 26.0. The lowest BCUT2D eigenvalue weighted by molar-refractivity contribution is -0.139. The van der Waals surface area contributed by atoms with E-state index in [4.69, 9.17) is 29.0 Å². The lowest BCUT2D eigenvalue weighted by atomic mass is 9.69. The van der Waals surface area contributed by atoms with Gasteiger partial charge in [0.25, 0.3) is 30.4 Å². The van der Waals surface area contributed by atoms with Crippen molar-refractivity contribution in [1.29, 1.82) is 0 Å². The molecule has 18 heteroatoms. The Kier molecular flexibility index (Phi) is 19.9. The average Bonchev–Trinajstić information content (AvgIpc) is 2.82. The number of carboxylic acids is 3. The normalized spacial score (nSPS) is 20.8. The Labute approximate surface area is 284 Å². The van der Waals surface area contributed by atoms with Crippen molar-refractivity contribution < 1.29 is 68.6 Å².